The fourth-order valence-corrected chi connectivity index (χ4v) is 3.11. The summed E-state index contributed by atoms with van der Waals surface area (Å²) in [7, 11) is 1.61. The summed E-state index contributed by atoms with van der Waals surface area (Å²) >= 11 is 0. The van der Waals surface area contributed by atoms with E-state index < -0.39 is 0 Å². The molecule has 0 saturated carbocycles. The van der Waals surface area contributed by atoms with Crippen LogP contribution in [0.4, 0.5) is 4.79 Å². The normalized spacial score (nSPS) is 20.2. The predicted molar refractivity (Wildman–Crippen MR) is 97.2 cm³/mol. The molecule has 6 nitrogen and oxygen atoms in total. The molecule has 138 valence electrons. The van der Waals surface area contributed by atoms with Crippen LogP contribution in [0.25, 0.3) is 0 Å². The zero-order valence-electron chi connectivity index (χ0n) is 15.4. The van der Waals surface area contributed by atoms with Crippen LogP contribution in [0.1, 0.15) is 30.9 Å². The first-order valence-corrected chi connectivity index (χ1v) is 8.88. The van der Waals surface area contributed by atoms with Gasteiger partial charge in [-0.15, -0.1) is 0 Å². The van der Waals surface area contributed by atoms with Gasteiger partial charge in [0.2, 0.25) is 5.91 Å². The number of methoxy groups -OCH3 is 1. The number of piperidine rings is 1. The Kier molecular flexibility index (Phi) is 7.25. The molecular formula is C19H29N3O3. The van der Waals surface area contributed by atoms with E-state index in [2.05, 4.69) is 10.6 Å². The molecule has 25 heavy (non-hydrogen) atoms. The van der Waals surface area contributed by atoms with Crippen LogP contribution in [-0.4, -0.2) is 49.7 Å². The molecule has 0 spiro atoms. The van der Waals surface area contributed by atoms with E-state index in [9.17, 15) is 9.59 Å². The monoisotopic (exact) mass is 347 g/mol. The quantitative estimate of drug-likeness (QED) is 0.774. The maximum Gasteiger partial charge on any atom is 0.317 e. The van der Waals surface area contributed by atoms with Gasteiger partial charge in [-0.05, 0) is 37.8 Å². The van der Waals surface area contributed by atoms with Gasteiger partial charge in [0.25, 0.3) is 0 Å². The molecule has 1 saturated heterocycles. The Labute approximate surface area is 149 Å². The van der Waals surface area contributed by atoms with Crippen molar-refractivity contribution in [2.75, 3.05) is 26.8 Å². The minimum absolute atomic E-state index is 0.000605. The number of rotatable bonds is 6. The molecule has 6 heteroatoms. The molecule has 1 aliphatic rings. The third-order valence-electron chi connectivity index (χ3n) is 4.81. The Balaban J connectivity index is 1.89. The van der Waals surface area contributed by atoms with Gasteiger partial charge < -0.3 is 20.3 Å². The van der Waals surface area contributed by atoms with Crippen molar-refractivity contribution in [3.05, 3.63) is 35.4 Å². The molecule has 0 bridgehead atoms. The topological polar surface area (TPSA) is 70.7 Å². The Bertz CT molecular complexity index is 591. The maximum absolute atomic E-state index is 12.6. The zero-order valence-corrected chi connectivity index (χ0v) is 15.4. The van der Waals surface area contributed by atoms with E-state index >= 15 is 0 Å². The van der Waals surface area contributed by atoms with Gasteiger partial charge in [0, 0.05) is 32.8 Å². The highest BCUT2D eigenvalue weighted by Gasteiger charge is 2.32. The molecule has 0 radical (unpaired) electrons. The van der Waals surface area contributed by atoms with Crippen LogP contribution in [-0.2, 0) is 16.1 Å². The van der Waals surface area contributed by atoms with Crippen molar-refractivity contribution in [2.24, 2.45) is 5.92 Å². The summed E-state index contributed by atoms with van der Waals surface area (Å²) in [6.07, 6.45) is 1.64. The van der Waals surface area contributed by atoms with E-state index in [1.54, 1.807) is 12.0 Å². The second kappa shape index (κ2) is 9.42. The molecule has 3 amide bonds. The molecule has 1 aliphatic heterocycles. The van der Waals surface area contributed by atoms with Gasteiger partial charge in [0.05, 0.1) is 12.5 Å². The van der Waals surface area contributed by atoms with Gasteiger partial charge in [-0.1, -0.05) is 24.3 Å². The minimum Gasteiger partial charge on any atom is -0.383 e. The van der Waals surface area contributed by atoms with E-state index in [-0.39, 0.29) is 23.9 Å². The lowest BCUT2D eigenvalue weighted by Crippen LogP contribution is -2.52. The van der Waals surface area contributed by atoms with Crippen molar-refractivity contribution in [3.8, 4) is 0 Å². The number of nitrogens with one attached hydrogen (secondary N) is 2. The smallest absolute Gasteiger partial charge is 0.317 e. The van der Waals surface area contributed by atoms with Crippen LogP contribution in [0.15, 0.2) is 24.3 Å². The summed E-state index contributed by atoms with van der Waals surface area (Å²) in [5, 5.41) is 5.86. The fraction of sp³-hybridized carbons (Fsp3) is 0.579. The lowest BCUT2D eigenvalue weighted by Gasteiger charge is -2.37. The van der Waals surface area contributed by atoms with Crippen molar-refractivity contribution in [3.63, 3.8) is 0 Å². The van der Waals surface area contributed by atoms with Gasteiger partial charge in [0.1, 0.15) is 0 Å². The predicted octanol–water partition coefficient (Wildman–Crippen LogP) is 2.07. The number of aryl methyl sites for hydroxylation is 1. The third kappa shape index (κ3) is 5.46. The molecule has 1 aromatic carbocycles. The van der Waals surface area contributed by atoms with Crippen molar-refractivity contribution in [2.45, 2.75) is 39.3 Å². The Morgan fingerprint density at radius 1 is 1.24 bits per heavy atom. The summed E-state index contributed by atoms with van der Waals surface area (Å²) in [6, 6.07) is 8.04. The number of hydrogen-bond acceptors (Lipinski definition) is 3. The first-order chi connectivity index (χ1) is 12.0. The third-order valence-corrected chi connectivity index (χ3v) is 4.81. The van der Waals surface area contributed by atoms with Crippen molar-refractivity contribution in [1.29, 1.82) is 0 Å². The molecule has 2 N–H and O–H groups in total. The molecule has 1 fully saturated rings. The molecule has 2 atom stereocenters. The SMILES string of the molecule is COCCNC(=O)[C@H]1CC[C@H](C)N(C(=O)NCc2ccccc2C)C1. The minimum atomic E-state index is -0.155. The van der Waals surface area contributed by atoms with Crippen LogP contribution in [0, 0.1) is 12.8 Å². The van der Waals surface area contributed by atoms with Gasteiger partial charge in [-0.3, -0.25) is 4.79 Å². The summed E-state index contributed by atoms with van der Waals surface area (Å²) in [5.41, 5.74) is 2.26. The number of carbonyl (C=O) groups is 2. The molecule has 2 rings (SSSR count). The first kappa shape index (κ1) is 19.2. The van der Waals surface area contributed by atoms with E-state index in [1.165, 1.54) is 0 Å². The number of ether oxygens (including phenoxy) is 1. The summed E-state index contributed by atoms with van der Waals surface area (Å²) in [6.45, 7) is 6.02. The van der Waals surface area contributed by atoms with E-state index in [0.717, 1.165) is 24.0 Å². The summed E-state index contributed by atoms with van der Waals surface area (Å²) in [5.74, 6) is -0.155. The molecule has 0 unspecified atom stereocenters. The Morgan fingerprint density at radius 3 is 2.72 bits per heavy atom. The zero-order chi connectivity index (χ0) is 18.2. The highest BCUT2D eigenvalue weighted by atomic mass is 16.5. The molecule has 1 aromatic rings. The van der Waals surface area contributed by atoms with Crippen molar-refractivity contribution >= 4 is 11.9 Å². The summed E-state index contributed by atoms with van der Waals surface area (Å²) in [4.78, 5) is 26.6. The van der Waals surface area contributed by atoms with Gasteiger partial charge >= 0.3 is 6.03 Å². The lowest BCUT2D eigenvalue weighted by molar-refractivity contribution is -0.126. The number of likely N-dealkylation sites (tertiary alicyclic amines) is 1. The number of amides is 3. The number of hydrogen-bond donors (Lipinski definition) is 2. The Morgan fingerprint density at radius 2 is 2.00 bits per heavy atom. The van der Waals surface area contributed by atoms with Crippen molar-refractivity contribution in [1.82, 2.24) is 15.5 Å². The van der Waals surface area contributed by atoms with E-state index in [0.29, 0.717) is 26.2 Å². The largest absolute Gasteiger partial charge is 0.383 e. The molecule has 0 aromatic heterocycles. The molecule has 1 heterocycles. The Hall–Kier alpha value is -2.08. The van der Waals surface area contributed by atoms with Crippen LogP contribution >= 0.6 is 0 Å². The van der Waals surface area contributed by atoms with Crippen LogP contribution in [0.5, 0.6) is 0 Å². The standard InChI is InChI=1S/C19H29N3O3/c1-14-6-4-5-7-16(14)12-21-19(24)22-13-17(9-8-15(22)2)18(23)20-10-11-25-3/h4-7,15,17H,8-13H2,1-3H3,(H,20,23)(H,21,24)/t15-,17-/m0/s1. The van der Waals surface area contributed by atoms with Gasteiger partial charge in [-0.25, -0.2) is 4.79 Å². The first-order valence-electron chi connectivity index (χ1n) is 8.88. The van der Waals surface area contributed by atoms with Crippen LogP contribution < -0.4 is 10.6 Å². The average Bonchev–Trinajstić information content (AvgIpc) is 2.61. The number of nitrogens with zero attached hydrogens (tertiary/aromatic N) is 1. The van der Waals surface area contributed by atoms with E-state index in [4.69, 9.17) is 4.74 Å². The number of benzene rings is 1. The van der Waals surface area contributed by atoms with Crippen molar-refractivity contribution < 1.29 is 14.3 Å². The maximum atomic E-state index is 12.6. The lowest BCUT2D eigenvalue weighted by atomic mass is 9.93. The highest BCUT2D eigenvalue weighted by Crippen LogP contribution is 2.22. The fourth-order valence-electron chi connectivity index (χ4n) is 3.11. The van der Waals surface area contributed by atoms with E-state index in [1.807, 2.05) is 38.1 Å². The van der Waals surface area contributed by atoms with Crippen LogP contribution in [0.2, 0.25) is 0 Å². The van der Waals surface area contributed by atoms with Gasteiger partial charge in [-0.2, -0.15) is 0 Å². The second-order valence-corrected chi connectivity index (χ2v) is 6.64. The van der Waals surface area contributed by atoms with Crippen LogP contribution in [0.3, 0.4) is 0 Å². The summed E-state index contributed by atoms with van der Waals surface area (Å²) < 4.78 is 4.95. The number of urea groups is 1. The molecular weight excluding hydrogens is 318 g/mol. The van der Waals surface area contributed by atoms with Gasteiger partial charge in [0.15, 0.2) is 0 Å². The highest BCUT2D eigenvalue weighted by molar-refractivity contribution is 5.81. The average molecular weight is 347 g/mol. The second-order valence-electron chi connectivity index (χ2n) is 6.64. The number of carbonyl (C=O) groups excluding carboxylic acids is 2. The molecule has 0 aliphatic carbocycles.